The summed E-state index contributed by atoms with van der Waals surface area (Å²) < 4.78 is 29.5. The van der Waals surface area contributed by atoms with Crippen LogP contribution in [-0.2, 0) is 47.7 Å². The predicted molar refractivity (Wildman–Crippen MR) is 449 cm³/mol. The zero-order chi connectivity index (χ0) is 69.5. The third kappa shape index (κ3) is 40.2. The fraction of sp³-hybridized carbons (Fsp3) is 0.945. The lowest BCUT2D eigenvalue weighted by Crippen LogP contribution is -2.68. The molecule has 616 valence electrons. The topological polar surface area (TPSA) is 132 Å². The van der Waals surface area contributed by atoms with Crippen LogP contribution in [0.1, 0.15) is 497 Å². The Morgan fingerprint density at radius 1 is 0.287 bits per heavy atom. The first-order chi connectivity index (χ1) is 42.4. The number of fused-ring (bicyclic) bond motifs is 1. The Bertz CT molecular complexity index is 2040. The predicted octanol–water partition coefficient (Wildman–Crippen LogP) is 30.8. The highest BCUT2D eigenvalue weighted by Gasteiger charge is 2.67. The van der Waals surface area contributed by atoms with E-state index in [1.807, 2.05) is 104 Å². The van der Waals surface area contributed by atoms with E-state index in [-0.39, 0.29) is 165 Å². The standard InChI is InChI=1S/C19H36O2.C17H32O2.C15H28O2.C14H24O2.C14H26O2.C2H6.10CH4/c1-5-18(2,3)17(20)21-19(4)15-13-11-9-7-6-8-10-12-14-16-19;1-5-16(2,3)15(18)19-17(4)13-11-9-7-6-8-10-12-14-17;1-5-14(3,4)13(16)17-15(6-2)11-9-7-8-10-12-15;1-6-12(2,3)11(15)16-14(5)9-10-7-8-13(10,14)4;1-5-13(2,3)12(15)16-14(4)10-8-6-7-9-11-14;1-2;;;;;;;;;;/h5-16H2,1-4H3;5-14H2,1-4H3;5-12H2,1-4H3;10H,6-9H2,1-5H3;5-11H2,1-4H3;1-2H3;10*1H4. The van der Waals surface area contributed by atoms with Crippen LogP contribution in [0.25, 0.3) is 0 Å². The van der Waals surface area contributed by atoms with Gasteiger partial charge in [0.05, 0.1) is 27.1 Å². The summed E-state index contributed by atoms with van der Waals surface area (Å²) in [6, 6.07) is 0. The van der Waals surface area contributed by atoms with Gasteiger partial charge in [-0.05, 0) is 263 Å². The molecule has 0 aromatic heterocycles. The highest BCUT2D eigenvalue weighted by atomic mass is 16.6. The van der Waals surface area contributed by atoms with E-state index in [2.05, 4.69) is 55.4 Å². The summed E-state index contributed by atoms with van der Waals surface area (Å²) in [5, 5.41) is 0. The van der Waals surface area contributed by atoms with Crippen molar-refractivity contribution in [3.8, 4) is 0 Å². The van der Waals surface area contributed by atoms with Gasteiger partial charge in [0.2, 0.25) is 0 Å². The van der Waals surface area contributed by atoms with Crippen LogP contribution >= 0.6 is 0 Å². The van der Waals surface area contributed by atoms with Gasteiger partial charge in [0.25, 0.3) is 0 Å². The quantitative estimate of drug-likeness (QED) is 0.0836. The maximum atomic E-state index is 12.4. The highest BCUT2D eigenvalue weighted by molar-refractivity contribution is 5.78. The average molecular weight is 1450 g/mol. The SMILES string of the molecule is C.C.C.C.C.C.C.C.C.C.CC.CCC(C)(C)C(=O)OC1(C)CC2CCC21C.CCC(C)(C)C(=O)OC1(C)CCCCCC1.CCC(C)(C)C(=O)OC1(C)CCCCCCCCC1.CCC(C)(C)C(=O)OC1(C)CCCCCCCCCCC1.CCC1(OC(=O)C(C)(C)CC)CCCCCC1. The van der Waals surface area contributed by atoms with Crippen molar-refractivity contribution in [3.05, 3.63) is 0 Å². The van der Waals surface area contributed by atoms with E-state index in [0.29, 0.717) is 0 Å². The average Bonchev–Trinajstić information content (AvgIpc) is 0.817. The van der Waals surface area contributed by atoms with Crippen LogP contribution in [0.3, 0.4) is 0 Å². The number of carbonyl (C=O) groups is 5. The minimum Gasteiger partial charge on any atom is -0.459 e. The Balaban J connectivity index is -0.000000125. The molecule has 101 heavy (non-hydrogen) atoms. The third-order valence-electron chi connectivity index (χ3n) is 23.7. The van der Waals surface area contributed by atoms with E-state index in [1.165, 1.54) is 167 Å². The zero-order valence-electron chi connectivity index (χ0n) is 64.7. The Kier molecular flexibility index (Phi) is 65.9. The molecule has 0 N–H and O–H groups in total. The van der Waals surface area contributed by atoms with Crippen LogP contribution in [0.4, 0.5) is 0 Å². The Morgan fingerprint density at radius 3 is 0.644 bits per heavy atom. The molecule has 0 saturated heterocycles. The summed E-state index contributed by atoms with van der Waals surface area (Å²) in [6.07, 6.45) is 47.7. The van der Waals surface area contributed by atoms with Crippen molar-refractivity contribution in [1.82, 2.24) is 0 Å². The van der Waals surface area contributed by atoms with E-state index in [1.54, 1.807) is 0 Å². The normalized spacial score (nSPS) is 22.1. The minimum atomic E-state index is -0.354. The van der Waals surface area contributed by atoms with Crippen LogP contribution in [0.15, 0.2) is 0 Å². The van der Waals surface area contributed by atoms with Crippen LogP contribution in [0.2, 0.25) is 0 Å². The molecule has 0 heterocycles. The maximum absolute atomic E-state index is 12.4. The summed E-state index contributed by atoms with van der Waals surface area (Å²) >= 11 is 0. The zero-order valence-corrected chi connectivity index (χ0v) is 64.7. The van der Waals surface area contributed by atoms with Gasteiger partial charge in [-0.1, -0.05) is 239 Å². The van der Waals surface area contributed by atoms with Crippen molar-refractivity contribution in [2.24, 2.45) is 38.4 Å². The summed E-state index contributed by atoms with van der Waals surface area (Å²) in [5.74, 6) is 0.705. The van der Waals surface area contributed by atoms with Gasteiger partial charge in [0.1, 0.15) is 28.0 Å². The molecule has 0 spiro atoms. The summed E-state index contributed by atoms with van der Waals surface area (Å²) in [4.78, 5) is 61.1. The lowest BCUT2D eigenvalue weighted by Gasteiger charge is -2.67. The fourth-order valence-electron chi connectivity index (χ4n) is 13.1. The van der Waals surface area contributed by atoms with E-state index in [0.717, 1.165) is 102 Å². The van der Waals surface area contributed by atoms with Gasteiger partial charge in [0.15, 0.2) is 0 Å². The Hall–Kier alpha value is -2.65. The summed E-state index contributed by atoms with van der Waals surface area (Å²) in [7, 11) is 0. The molecular weight excluding hydrogens is 1250 g/mol. The molecule has 6 aliphatic rings. The molecule has 0 aromatic rings. The van der Waals surface area contributed by atoms with Crippen molar-refractivity contribution >= 4 is 29.8 Å². The second kappa shape index (κ2) is 55.7. The summed E-state index contributed by atoms with van der Waals surface area (Å²) in [6.45, 7) is 47.0. The number of ether oxygens (including phenoxy) is 5. The number of hydrogen-bond acceptors (Lipinski definition) is 10. The van der Waals surface area contributed by atoms with Gasteiger partial charge in [0, 0.05) is 5.41 Å². The molecule has 0 amide bonds. The molecule has 10 heteroatoms. The second-order valence-electron chi connectivity index (χ2n) is 33.6. The Morgan fingerprint density at radius 2 is 0.475 bits per heavy atom. The molecule has 0 radical (unpaired) electrons. The van der Waals surface area contributed by atoms with Crippen LogP contribution in [-0.4, -0.2) is 57.9 Å². The van der Waals surface area contributed by atoms with Crippen molar-refractivity contribution in [3.63, 3.8) is 0 Å². The molecule has 6 saturated carbocycles. The van der Waals surface area contributed by atoms with Gasteiger partial charge < -0.3 is 23.7 Å². The van der Waals surface area contributed by atoms with Crippen molar-refractivity contribution in [1.29, 1.82) is 0 Å². The highest BCUT2D eigenvalue weighted by Crippen LogP contribution is 2.68. The maximum Gasteiger partial charge on any atom is 0.312 e. The molecule has 0 aromatic carbocycles. The molecule has 10 nitrogen and oxygen atoms in total. The van der Waals surface area contributed by atoms with E-state index in [4.69, 9.17) is 23.7 Å². The monoisotopic (exact) mass is 1450 g/mol. The fourth-order valence-corrected chi connectivity index (χ4v) is 13.1. The van der Waals surface area contributed by atoms with Gasteiger partial charge in [-0.3, -0.25) is 24.0 Å². The van der Waals surface area contributed by atoms with Crippen LogP contribution in [0, 0.1) is 38.4 Å². The van der Waals surface area contributed by atoms with Crippen molar-refractivity contribution in [2.75, 3.05) is 0 Å². The lowest BCUT2D eigenvalue weighted by molar-refractivity contribution is -0.265. The first-order valence-electron chi connectivity index (χ1n) is 38.6. The number of carbonyl (C=O) groups excluding carboxylic acids is 5. The van der Waals surface area contributed by atoms with E-state index < -0.39 is 0 Å². The van der Waals surface area contributed by atoms with Gasteiger partial charge in [-0.25, -0.2) is 0 Å². The Labute approximate surface area is 637 Å². The first kappa shape index (κ1) is 119. The lowest BCUT2D eigenvalue weighted by atomic mass is 9.41. The smallest absolute Gasteiger partial charge is 0.312 e. The van der Waals surface area contributed by atoms with Gasteiger partial charge >= 0.3 is 29.8 Å². The molecule has 0 bridgehead atoms. The third-order valence-corrected chi connectivity index (χ3v) is 23.7. The molecule has 6 rings (SSSR count). The number of hydrogen-bond donors (Lipinski definition) is 0. The summed E-state index contributed by atoms with van der Waals surface area (Å²) in [5.41, 5.74) is -2.50. The van der Waals surface area contributed by atoms with E-state index >= 15 is 0 Å². The van der Waals surface area contributed by atoms with Gasteiger partial charge in [-0.15, -0.1) is 0 Å². The molecule has 3 unspecified atom stereocenters. The van der Waals surface area contributed by atoms with Crippen LogP contribution < -0.4 is 0 Å². The van der Waals surface area contributed by atoms with Crippen molar-refractivity contribution < 1.29 is 47.7 Å². The van der Waals surface area contributed by atoms with Crippen LogP contribution in [0.5, 0.6) is 0 Å². The minimum absolute atomic E-state index is 0. The number of esters is 5. The van der Waals surface area contributed by atoms with Gasteiger partial charge in [-0.2, -0.15) is 0 Å². The molecule has 0 aliphatic heterocycles. The molecular formula is C91H192O10. The molecule has 6 fully saturated rings. The van der Waals surface area contributed by atoms with E-state index in [9.17, 15) is 24.0 Å². The largest absolute Gasteiger partial charge is 0.459 e. The number of rotatable bonds is 16. The molecule has 3 atom stereocenters. The molecule has 6 aliphatic carbocycles. The first-order valence-corrected chi connectivity index (χ1v) is 38.6. The van der Waals surface area contributed by atoms with Crippen molar-refractivity contribution in [2.45, 2.75) is 525 Å². The second-order valence-corrected chi connectivity index (χ2v) is 33.6.